The number of dihydropyridines is 1. The highest BCUT2D eigenvalue weighted by atomic mass is 16.4. The highest BCUT2D eigenvalue weighted by Crippen LogP contribution is 2.20. The topological polar surface area (TPSA) is 73.4 Å². The normalized spacial score (nSPS) is 27.5. The molecule has 0 spiro atoms. The molecule has 0 aromatic carbocycles. The van der Waals surface area contributed by atoms with Crippen molar-refractivity contribution in [2.24, 2.45) is 4.99 Å². The molecular weight excluding hydrogens is 156 g/mol. The zero-order valence-electron chi connectivity index (χ0n) is 6.61. The lowest BCUT2D eigenvalue weighted by Gasteiger charge is -2.20. The number of hydrogen-bond donors (Lipinski definition) is 1. The molecule has 1 heterocycles. The Hall–Kier alpha value is -1.63. The van der Waals surface area contributed by atoms with Crippen LogP contribution < -0.4 is 0 Å². The fraction of sp³-hybridized carbons (Fsp3) is 0.375. The molecule has 1 atom stereocenters. The van der Waals surface area contributed by atoms with Crippen molar-refractivity contribution in [3.05, 3.63) is 11.6 Å². The Balaban J connectivity index is 2.85. The average molecular weight is 164 g/mol. The van der Waals surface area contributed by atoms with Gasteiger partial charge < -0.3 is 5.11 Å². The van der Waals surface area contributed by atoms with E-state index < -0.39 is 11.5 Å². The Labute approximate surface area is 69.8 Å². The first-order chi connectivity index (χ1) is 5.58. The lowest BCUT2D eigenvalue weighted by molar-refractivity contribution is -0.142. The van der Waals surface area contributed by atoms with Gasteiger partial charge in [0, 0.05) is 12.6 Å². The van der Waals surface area contributed by atoms with Crippen molar-refractivity contribution in [1.29, 1.82) is 5.26 Å². The third-order valence-electron chi connectivity index (χ3n) is 1.80. The van der Waals surface area contributed by atoms with Crippen molar-refractivity contribution in [1.82, 2.24) is 0 Å². The molecule has 4 heteroatoms. The zero-order chi connectivity index (χ0) is 9.19. The SMILES string of the molecule is CC1(C(=O)O)CC=C(C#N)C=N1. The Morgan fingerprint density at radius 1 is 1.92 bits per heavy atom. The fourth-order valence-electron chi connectivity index (χ4n) is 0.843. The third kappa shape index (κ3) is 1.35. The number of carboxylic acids is 1. The summed E-state index contributed by atoms with van der Waals surface area (Å²) >= 11 is 0. The molecule has 1 rings (SSSR count). The molecule has 0 aromatic rings. The van der Waals surface area contributed by atoms with Crippen LogP contribution in [0.5, 0.6) is 0 Å². The molecular formula is C8H8N2O2. The molecule has 0 fully saturated rings. The van der Waals surface area contributed by atoms with E-state index in [1.807, 2.05) is 6.07 Å². The lowest BCUT2D eigenvalue weighted by atomic mass is 9.95. The van der Waals surface area contributed by atoms with Crippen molar-refractivity contribution < 1.29 is 9.90 Å². The molecule has 1 unspecified atom stereocenters. The second-order valence-corrected chi connectivity index (χ2v) is 2.81. The summed E-state index contributed by atoms with van der Waals surface area (Å²) in [4.78, 5) is 14.4. The van der Waals surface area contributed by atoms with E-state index >= 15 is 0 Å². The van der Waals surface area contributed by atoms with Crippen LogP contribution in [0, 0.1) is 11.3 Å². The summed E-state index contributed by atoms with van der Waals surface area (Å²) in [6.45, 7) is 1.52. The molecule has 1 aliphatic heterocycles. The zero-order valence-corrected chi connectivity index (χ0v) is 6.61. The Morgan fingerprint density at radius 3 is 2.92 bits per heavy atom. The van der Waals surface area contributed by atoms with Gasteiger partial charge in [-0.25, -0.2) is 4.79 Å². The summed E-state index contributed by atoms with van der Waals surface area (Å²) in [6, 6.07) is 1.90. The summed E-state index contributed by atoms with van der Waals surface area (Å²) in [5, 5.41) is 17.2. The number of nitrogens with zero attached hydrogens (tertiary/aromatic N) is 2. The van der Waals surface area contributed by atoms with Gasteiger partial charge >= 0.3 is 5.97 Å². The maximum atomic E-state index is 10.6. The first-order valence-electron chi connectivity index (χ1n) is 3.47. The van der Waals surface area contributed by atoms with Gasteiger partial charge in [-0.3, -0.25) is 4.99 Å². The van der Waals surface area contributed by atoms with Gasteiger partial charge in [0.2, 0.25) is 0 Å². The number of aliphatic carboxylic acids is 1. The van der Waals surface area contributed by atoms with Crippen LogP contribution in [-0.4, -0.2) is 22.8 Å². The molecule has 0 aliphatic carbocycles. The molecule has 1 aliphatic rings. The van der Waals surface area contributed by atoms with Crippen LogP contribution in [0.3, 0.4) is 0 Å². The van der Waals surface area contributed by atoms with Crippen molar-refractivity contribution in [2.45, 2.75) is 18.9 Å². The van der Waals surface area contributed by atoms with Crippen LogP contribution in [-0.2, 0) is 4.79 Å². The number of allylic oxidation sites excluding steroid dienone is 1. The molecule has 0 aromatic heterocycles. The van der Waals surface area contributed by atoms with Crippen molar-refractivity contribution in [3.8, 4) is 6.07 Å². The van der Waals surface area contributed by atoms with E-state index in [9.17, 15) is 4.79 Å². The van der Waals surface area contributed by atoms with Gasteiger partial charge in [-0.2, -0.15) is 5.26 Å². The smallest absolute Gasteiger partial charge is 0.331 e. The summed E-state index contributed by atoms with van der Waals surface area (Å²) in [7, 11) is 0. The minimum Gasteiger partial charge on any atom is -0.479 e. The van der Waals surface area contributed by atoms with Gasteiger partial charge in [-0.15, -0.1) is 0 Å². The highest BCUT2D eigenvalue weighted by molar-refractivity contribution is 5.90. The van der Waals surface area contributed by atoms with Crippen LogP contribution in [0.2, 0.25) is 0 Å². The van der Waals surface area contributed by atoms with Crippen LogP contribution in [0.4, 0.5) is 0 Å². The Morgan fingerprint density at radius 2 is 2.58 bits per heavy atom. The second-order valence-electron chi connectivity index (χ2n) is 2.81. The molecule has 62 valence electrons. The largest absolute Gasteiger partial charge is 0.479 e. The molecule has 4 nitrogen and oxygen atoms in total. The number of aliphatic imine (C=N–C) groups is 1. The number of nitriles is 1. The van der Waals surface area contributed by atoms with Gasteiger partial charge in [-0.1, -0.05) is 6.08 Å². The van der Waals surface area contributed by atoms with E-state index in [0.29, 0.717) is 5.57 Å². The van der Waals surface area contributed by atoms with E-state index in [1.54, 1.807) is 6.08 Å². The minimum atomic E-state index is -1.08. The van der Waals surface area contributed by atoms with Gasteiger partial charge in [0.05, 0.1) is 5.57 Å². The first-order valence-corrected chi connectivity index (χ1v) is 3.47. The summed E-state index contributed by atoms with van der Waals surface area (Å²) < 4.78 is 0. The Bertz CT molecular complexity index is 312. The third-order valence-corrected chi connectivity index (χ3v) is 1.80. The van der Waals surface area contributed by atoms with E-state index in [0.717, 1.165) is 0 Å². The van der Waals surface area contributed by atoms with E-state index in [4.69, 9.17) is 10.4 Å². The van der Waals surface area contributed by atoms with Crippen molar-refractivity contribution in [3.63, 3.8) is 0 Å². The molecule has 0 saturated heterocycles. The van der Waals surface area contributed by atoms with Gasteiger partial charge in [0.15, 0.2) is 5.54 Å². The highest BCUT2D eigenvalue weighted by Gasteiger charge is 2.32. The van der Waals surface area contributed by atoms with Crippen LogP contribution in [0.25, 0.3) is 0 Å². The van der Waals surface area contributed by atoms with Gasteiger partial charge in [0.1, 0.15) is 6.07 Å². The molecule has 0 radical (unpaired) electrons. The molecule has 1 N–H and O–H groups in total. The predicted molar refractivity (Wildman–Crippen MR) is 42.8 cm³/mol. The quantitative estimate of drug-likeness (QED) is 0.621. The van der Waals surface area contributed by atoms with Crippen LogP contribution in [0.15, 0.2) is 16.6 Å². The fourth-order valence-corrected chi connectivity index (χ4v) is 0.843. The summed E-state index contributed by atoms with van der Waals surface area (Å²) in [5.74, 6) is -0.966. The van der Waals surface area contributed by atoms with E-state index in [2.05, 4.69) is 4.99 Å². The molecule has 0 bridgehead atoms. The second kappa shape index (κ2) is 2.78. The maximum absolute atomic E-state index is 10.6. The first kappa shape index (κ1) is 8.47. The number of hydrogen-bond acceptors (Lipinski definition) is 3. The lowest BCUT2D eigenvalue weighted by Crippen LogP contribution is -2.34. The summed E-state index contributed by atoms with van der Waals surface area (Å²) in [6.07, 6.45) is 3.17. The Kier molecular flexibility index (Phi) is 1.96. The van der Waals surface area contributed by atoms with Crippen molar-refractivity contribution >= 4 is 12.2 Å². The standard InChI is InChI=1S/C8H8N2O2/c1-8(7(11)12)3-2-6(4-9)5-10-8/h2,5H,3H2,1H3,(H,11,12). The molecule has 12 heavy (non-hydrogen) atoms. The number of rotatable bonds is 1. The molecule has 0 saturated carbocycles. The van der Waals surface area contributed by atoms with Crippen LogP contribution in [0.1, 0.15) is 13.3 Å². The van der Waals surface area contributed by atoms with Crippen molar-refractivity contribution in [2.75, 3.05) is 0 Å². The number of carbonyl (C=O) groups is 1. The minimum absolute atomic E-state index is 0.279. The van der Waals surface area contributed by atoms with E-state index in [1.165, 1.54) is 13.1 Å². The predicted octanol–water partition coefficient (Wildman–Crippen LogP) is 0.754. The van der Waals surface area contributed by atoms with E-state index in [-0.39, 0.29) is 6.42 Å². The number of carboxylic acid groups (broad SMARTS) is 1. The summed E-state index contributed by atoms with van der Waals surface area (Å²) in [5.41, 5.74) is -0.658. The average Bonchev–Trinajstić information content (AvgIpc) is 2.06. The van der Waals surface area contributed by atoms with Gasteiger partial charge in [-0.05, 0) is 6.92 Å². The van der Waals surface area contributed by atoms with Crippen LogP contribution >= 0.6 is 0 Å². The monoisotopic (exact) mass is 164 g/mol. The van der Waals surface area contributed by atoms with Gasteiger partial charge in [0.25, 0.3) is 0 Å². The maximum Gasteiger partial charge on any atom is 0.331 e. The molecule has 0 amide bonds.